The van der Waals surface area contributed by atoms with Crippen LogP contribution >= 0.6 is 0 Å². The first-order valence-corrected chi connectivity index (χ1v) is 7.56. The lowest BCUT2D eigenvalue weighted by molar-refractivity contribution is 0.183. The molecule has 0 spiro atoms. The molecule has 1 N–H and O–H groups in total. The van der Waals surface area contributed by atoms with Gasteiger partial charge >= 0.3 is 0 Å². The molecular weight excluding hydrogens is 222 g/mol. The van der Waals surface area contributed by atoms with Gasteiger partial charge in [-0.15, -0.1) is 0 Å². The molecule has 0 aromatic carbocycles. The van der Waals surface area contributed by atoms with Gasteiger partial charge in [0.2, 0.25) is 0 Å². The van der Waals surface area contributed by atoms with Crippen LogP contribution in [0.25, 0.3) is 0 Å². The van der Waals surface area contributed by atoms with Gasteiger partial charge in [-0.2, -0.15) is 5.26 Å². The van der Waals surface area contributed by atoms with E-state index in [9.17, 15) is 5.26 Å². The second-order valence-corrected chi connectivity index (χ2v) is 6.90. The fraction of sp³-hybridized carbons (Fsp3) is 0.933. The Bertz CT molecular complexity index is 357. The van der Waals surface area contributed by atoms with Crippen LogP contribution in [-0.2, 0) is 0 Å². The third kappa shape index (κ3) is 2.29. The van der Waals surface area contributed by atoms with E-state index in [2.05, 4.69) is 30.1 Å². The van der Waals surface area contributed by atoms with Crippen LogP contribution < -0.4 is 5.32 Å². The van der Waals surface area contributed by atoms with E-state index in [4.69, 9.17) is 0 Å². The normalized spacial score (nSPS) is 45.3. The Balaban J connectivity index is 1.65. The summed E-state index contributed by atoms with van der Waals surface area (Å²) in [6, 6.07) is 4.57. The molecular formula is C15H25N3. The molecule has 1 aliphatic heterocycles. The van der Waals surface area contributed by atoms with Crippen LogP contribution in [-0.4, -0.2) is 35.1 Å². The van der Waals surface area contributed by atoms with E-state index in [1.54, 1.807) is 0 Å². The third-order valence-electron chi connectivity index (χ3n) is 5.06. The van der Waals surface area contributed by atoms with Crippen LogP contribution in [0.15, 0.2) is 0 Å². The highest BCUT2D eigenvalue weighted by atomic mass is 15.2. The van der Waals surface area contributed by atoms with Crippen LogP contribution in [0.1, 0.15) is 52.4 Å². The van der Waals surface area contributed by atoms with Crippen molar-refractivity contribution in [3.05, 3.63) is 0 Å². The fourth-order valence-electron chi connectivity index (χ4n) is 4.03. The van der Waals surface area contributed by atoms with Crippen molar-refractivity contribution in [2.75, 3.05) is 6.54 Å². The fourth-order valence-corrected chi connectivity index (χ4v) is 4.03. The van der Waals surface area contributed by atoms with Crippen LogP contribution in [0.3, 0.4) is 0 Å². The Morgan fingerprint density at radius 3 is 2.61 bits per heavy atom. The first-order chi connectivity index (χ1) is 8.62. The minimum absolute atomic E-state index is 0.211. The Hall–Kier alpha value is -0.590. The molecule has 18 heavy (non-hydrogen) atoms. The van der Waals surface area contributed by atoms with Gasteiger partial charge in [-0.1, -0.05) is 6.92 Å². The zero-order valence-electron chi connectivity index (χ0n) is 11.7. The Kier molecular flexibility index (Phi) is 3.11. The van der Waals surface area contributed by atoms with Gasteiger partial charge in [0.1, 0.15) is 5.54 Å². The summed E-state index contributed by atoms with van der Waals surface area (Å²) in [4.78, 5) is 2.67. The number of likely N-dealkylation sites (tertiary alicyclic amines) is 1. The maximum absolute atomic E-state index is 9.54. The maximum Gasteiger partial charge on any atom is 0.108 e. The highest BCUT2D eigenvalue weighted by molar-refractivity contribution is 5.16. The van der Waals surface area contributed by atoms with Crippen molar-refractivity contribution in [1.82, 2.24) is 10.2 Å². The van der Waals surface area contributed by atoms with Gasteiger partial charge in [-0.05, 0) is 51.4 Å². The number of hydrogen-bond acceptors (Lipinski definition) is 3. The summed E-state index contributed by atoms with van der Waals surface area (Å²) in [5.74, 6) is 0.827. The molecule has 2 aliphatic carbocycles. The lowest BCUT2D eigenvalue weighted by Crippen LogP contribution is -2.45. The topological polar surface area (TPSA) is 39.1 Å². The Morgan fingerprint density at radius 1 is 1.28 bits per heavy atom. The minimum Gasteiger partial charge on any atom is -0.297 e. The first kappa shape index (κ1) is 12.4. The van der Waals surface area contributed by atoms with Gasteiger partial charge in [-0.3, -0.25) is 10.2 Å². The molecule has 100 valence electrons. The van der Waals surface area contributed by atoms with Gasteiger partial charge in [0.25, 0.3) is 0 Å². The minimum atomic E-state index is -0.211. The van der Waals surface area contributed by atoms with Crippen molar-refractivity contribution < 1.29 is 0 Å². The zero-order chi connectivity index (χ0) is 12.8. The second kappa shape index (κ2) is 4.51. The predicted molar refractivity (Wildman–Crippen MR) is 72.1 cm³/mol. The molecule has 0 aromatic heterocycles. The summed E-state index contributed by atoms with van der Waals surface area (Å²) < 4.78 is 0. The number of nitrogens with one attached hydrogen (secondary N) is 1. The van der Waals surface area contributed by atoms with E-state index in [-0.39, 0.29) is 5.54 Å². The summed E-state index contributed by atoms with van der Waals surface area (Å²) >= 11 is 0. The maximum atomic E-state index is 9.54. The quantitative estimate of drug-likeness (QED) is 0.831. The van der Waals surface area contributed by atoms with Crippen LogP contribution in [0.5, 0.6) is 0 Å². The molecule has 3 heteroatoms. The standard InChI is InChI=1S/C15H25N3/c1-11-7-12(2)18(9-11)14-5-6-15(8-14,10-16)17-13-3-4-13/h11-14,17H,3-9H2,1-2H3. The van der Waals surface area contributed by atoms with E-state index >= 15 is 0 Å². The zero-order valence-corrected chi connectivity index (χ0v) is 11.7. The average Bonchev–Trinajstić information content (AvgIpc) is 2.93. The predicted octanol–water partition coefficient (Wildman–Crippen LogP) is 2.28. The molecule has 3 fully saturated rings. The monoisotopic (exact) mass is 247 g/mol. The van der Waals surface area contributed by atoms with E-state index < -0.39 is 0 Å². The summed E-state index contributed by atoms with van der Waals surface area (Å²) in [7, 11) is 0. The van der Waals surface area contributed by atoms with Crippen molar-refractivity contribution >= 4 is 0 Å². The number of nitrogens with zero attached hydrogens (tertiary/aromatic N) is 2. The lowest BCUT2D eigenvalue weighted by atomic mass is 9.99. The van der Waals surface area contributed by atoms with Crippen LogP contribution in [0, 0.1) is 17.2 Å². The Morgan fingerprint density at radius 2 is 2.06 bits per heavy atom. The second-order valence-electron chi connectivity index (χ2n) is 6.90. The smallest absolute Gasteiger partial charge is 0.108 e. The molecule has 0 aromatic rings. The van der Waals surface area contributed by atoms with E-state index in [0.717, 1.165) is 18.8 Å². The van der Waals surface area contributed by atoms with Crippen LogP contribution in [0.2, 0.25) is 0 Å². The molecule has 3 aliphatic rings. The summed E-state index contributed by atoms with van der Waals surface area (Å²) in [5.41, 5.74) is -0.211. The molecule has 3 rings (SSSR count). The molecule has 1 heterocycles. The van der Waals surface area contributed by atoms with Crippen LogP contribution in [0.4, 0.5) is 0 Å². The van der Waals surface area contributed by atoms with E-state index in [1.807, 2.05) is 0 Å². The van der Waals surface area contributed by atoms with Crippen molar-refractivity contribution in [3.8, 4) is 6.07 Å². The van der Waals surface area contributed by atoms with Crippen molar-refractivity contribution in [3.63, 3.8) is 0 Å². The molecule has 2 saturated carbocycles. The van der Waals surface area contributed by atoms with E-state index in [1.165, 1.54) is 32.2 Å². The number of nitriles is 1. The molecule has 0 bridgehead atoms. The molecule has 4 atom stereocenters. The van der Waals surface area contributed by atoms with Gasteiger partial charge in [-0.25, -0.2) is 0 Å². The SMILES string of the molecule is CC1CC(C)N(C2CCC(C#N)(NC3CC3)C2)C1. The van der Waals surface area contributed by atoms with Crippen molar-refractivity contribution in [2.45, 2.75) is 76.0 Å². The van der Waals surface area contributed by atoms with E-state index in [0.29, 0.717) is 18.1 Å². The molecule has 0 amide bonds. The summed E-state index contributed by atoms with van der Waals surface area (Å²) in [5, 5.41) is 13.1. The highest BCUT2D eigenvalue weighted by Gasteiger charge is 2.46. The number of hydrogen-bond donors (Lipinski definition) is 1. The average molecular weight is 247 g/mol. The van der Waals surface area contributed by atoms with Gasteiger partial charge < -0.3 is 0 Å². The molecule has 3 nitrogen and oxygen atoms in total. The van der Waals surface area contributed by atoms with Crippen molar-refractivity contribution in [1.29, 1.82) is 5.26 Å². The summed E-state index contributed by atoms with van der Waals surface area (Å²) in [6.45, 7) is 5.94. The van der Waals surface area contributed by atoms with Gasteiger partial charge in [0.05, 0.1) is 6.07 Å². The van der Waals surface area contributed by atoms with Gasteiger partial charge in [0.15, 0.2) is 0 Å². The Labute approximate surface area is 111 Å². The molecule has 1 saturated heterocycles. The molecule has 0 radical (unpaired) electrons. The lowest BCUT2D eigenvalue weighted by Gasteiger charge is -2.30. The molecule has 4 unspecified atom stereocenters. The number of rotatable bonds is 3. The largest absolute Gasteiger partial charge is 0.297 e. The third-order valence-corrected chi connectivity index (χ3v) is 5.06. The first-order valence-electron chi connectivity index (χ1n) is 7.56. The summed E-state index contributed by atoms with van der Waals surface area (Å²) in [6.07, 6.45) is 7.15. The van der Waals surface area contributed by atoms with Gasteiger partial charge in [0, 0.05) is 24.7 Å². The van der Waals surface area contributed by atoms with Crippen molar-refractivity contribution in [2.24, 2.45) is 5.92 Å². The highest BCUT2D eigenvalue weighted by Crippen LogP contribution is 2.39.